The molecule has 0 aliphatic carbocycles. The Balaban J connectivity index is 2.05. The predicted octanol–water partition coefficient (Wildman–Crippen LogP) is 6.42. The van der Waals surface area contributed by atoms with Gasteiger partial charge in [0.2, 0.25) is 11.8 Å². The molecule has 214 valence electrons. The molecule has 3 rings (SSSR count). The van der Waals surface area contributed by atoms with Crippen LogP contribution in [0.3, 0.4) is 0 Å². The summed E-state index contributed by atoms with van der Waals surface area (Å²) in [6.07, 6.45) is 0.299. The number of carbonyl (C=O) groups excluding carboxylic acids is 2. The molecule has 0 bridgehead atoms. The van der Waals surface area contributed by atoms with Gasteiger partial charge >= 0.3 is 0 Å². The SMILES string of the molecule is CC[C@@H](C(=O)NCC(C)C)N(Cc1ccc(Cl)cc1Cl)C(=O)CN(c1ccc(Cl)cc1)S(=O)(=O)c1ccccc1. The van der Waals surface area contributed by atoms with Gasteiger partial charge in [-0.1, -0.05) is 79.8 Å². The van der Waals surface area contributed by atoms with Crippen LogP contribution in [0.5, 0.6) is 0 Å². The van der Waals surface area contributed by atoms with Crippen LogP contribution in [0, 0.1) is 5.92 Å². The fourth-order valence-electron chi connectivity index (χ4n) is 4.03. The number of carbonyl (C=O) groups is 2. The minimum Gasteiger partial charge on any atom is -0.354 e. The Morgan fingerprint density at radius 3 is 2.10 bits per heavy atom. The second-order valence-electron chi connectivity index (χ2n) is 9.62. The van der Waals surface area contributed by atoms with E-state index in [0.717, 1.165) is 4.31 Å². The molecule has 1 N–H and O–H groups in total. The number of sulfonamides is 1. The molecule has 0 saturated carbocycles. The van der Waals surface area contributed by atoms with E-state index in [4.69, 9.17) is 34.8 Å². The molecule has 0 aromatic heterocycles. The summed E-state index contributed by atoms with van der Waals surface area (Å²) in [5.41, 5.74) is 0.821. The molecule has 40 heavy (non-hydrogen) atoms. The molecule has 0 fully saturated rings. The van der Waals surface area contributed by atoms with E-state index in [1.165, 1.54) is 29.2 Å². The first kappa shape index (κ1) is 31.7. The molecule has 2 amide bonds. The van der Waals surface area contributed by atoms with E-state index in [2.05, 4.69) is 5.32 Å². The van der Waals surface area contributed by atoms with Gasteiger partial charge in [0.05, 0.1) is 10.6 Å². The van der Waals surface area contributed by atoms with Gasteiger partial charge in [-0.3, -0.25) is 13.9 Å². The van der Waals surface area contributed by atoms with Crippen LogP contribution >= 0.6 is 34.8 Å². The van der Waals surface area contributed by atoms with E-state index in [1.54, 1.807) is 55.5 Å². The van der Waals surface area contributed by atoms with Crippen molar-refractivity contribution in [3.8, 4) is 0 Å². The third-order valence-electron chi connectivity index (χ3n) is 6.15. The monoisotopic (exact) mass is 623 g/mol. The molecule has 11 heteroatoms. The molecular weight excluding hydrogens is 593 g/mol. The van der Waals surface area contributed by atoms with Gasteiger partial charge in [0.1, 0.15) is 12.6 Å². The van der Waals surface area contributed by atoms with Crippen molar-refractivity contribution in [2.24, 2.45) is 5.92 Å². The Kier molecular flexibility index (Phi) is 11.3. The van der Waals surface area contributed by atoms with Crippen LogP contribution < -0.4 is 9.62 Å². The number of rotatable bonds is 12. The molecular formula is C29H32Cl3N3O4S. The predicted molar refractivity (Wildman–Crippen MR) is 161 cm³/mol. The van der Waals surface area contributed by atoms with Gasteiger partial charge in [-0.2, -0.15) is 0 Å². The fourth-order valence-corrected chi connectivity index (χ4v) is 6.06. The van der Waals surface area contributed by atoms with E-state index in [1.807, 2.05) is 13.8 Å². The largest absolute Gasteiger partial charge is 0.354 e. The molecule has 1 atom stereocenters. The molecule has 0 spiro atoms. The van der Waals surface area contributed by atoms with Gasteiger partial charge in [0, 0.05) is 28.2 Å². The second-order valence-corrected chi connectivity index (χ2v) is 12.8. The van der Waals surface area contributed by atoms with Crippen molar-refractivity contribution in [1.82, 2.24) is 10.2 Å². The lowest BCUT2D eigenvalue weighted by molar-refractivity contribution is -0.140. The van der Waals surface area contributed by atoms with E-state index in [0.29, 0.717) is 33.6 Å². The molecule has 0 saturated heterocycles. The fraction of sp³-hybridized carbons (Fsp3) is 0.310. The molecule has 0 heterocycles. The maximum absolute atomic E-state index is 14.0. The summed E-state index contributed by atoms with van der Waals surface area (Å²) in [5.74, 6) is -0.710. The number of amides is 2. The van der Waals surface area contributed by atoms with Crippen LogP contribution in [0.2, 0.25) is 15.1 Å². The average molecular weight is 625 g/mol. The number of nitrogens with zero attached hydrogens (tertiary/aromatic N) is 2. The normalized spacial score (nSPS) is 12.2. The van der Waals surface area contributed by atoms with Crippen LogP contribution in [0.15, 0.2) is 77.7 Å². The Morgan fingerprint density at radius 2 is 1.52 bits per heavy atom. The summed E-state index contributed by atoms with van der Waals surface area (Å²) in [6, 6.07) is 18.0. The van der Waals surface area contributed by atoms with Crippen LogP contribution in [0.1, 0.15) is 32.8 Å². The van der Waals surface area contributed by atoms with Crippen molar-refractivity contribution in [2.75, 3.05) is 17.4 Å². The molecule has 0 aliphatic heterocycles. The van der Waals surface area contributed by atoms with E-state index in [9.17, 15) is 18.0 Å². The number of hydrogen-bond donors (Lipinski definition) is 1. The molecule has 0 unspecified atom stereocenters. The topological polar surface area (TPSA) is 86.8 Å². The number of nitrogens with one attached hydrogen (secondary N) is 1. The van der Waals surface area contributed by atoms with Gasteiger partial charge < -0.3 is 10.2 Å². The Morgan fingerprint density at radius 1 is 0.900 bits per heavy atom. The molecule has 3 aromatic carbocycles. The molecule has 0 aliphatic rings. The Bertz CT molecular complexity index is 1420. The van der Waals surface area contributed by atoms with Crippen molar-refractivity contribution in [2.45, 2.75) is 44.7 Å². The highest BCUT2D eigenvalue weighted by Gasteiger charge is 2.34. The van der Waals surface area contributed by atoms with Gasteiger partial charge in [0.15, 0.2) is 0 Å². The Hall–Kier alpha value is -2.78. The van der Waals surface area contributed by atoms with Crippen LogP contribution in [0.4, 0.5) is 5.69 Å². The van der Waals surface area contributed by atoms with Gasteiger partial charge in [-0.25, -0.2) is 8.42 Å². The number of benzene rings is 3. The zero-order chi connectivity index (χ0) is 29.4. The van der Waals surface area contributed by atoms with Crippen molar-refractivity contribution >= 4 is 62.3 Å². The first-order valence-corrected chi connectivity index (χ1v) is 15.4. The number of halogens is 3. The molecule has 0 radical (unpaired) electrons. The summed E-state index contributed by atoms with van der Waals surface area (Å²) in [7, 11) is -4.16. The lowest BCUT2D eigenvalue weighted by Crippen LogP contribution is -2.52. The van der Waals surface area contributed by atoms with Crippen molar-refractivity contribution < 1.29 is 18.0 Å². The minimum atomic E-state index is -4.16. The maximum Gasteiger partial charge on any atom is 0.264 e. The highest BCUT2D eigenvalue weighted by molar-refractivity contribution is 7.92. The van der Waals surface area contributed by atoms with Crippen LogP contribution in [-0.4, -0.2) is 44.3 Å². The molecule has 3 aromatic rings. The van der Waals surface area contributed by atoms with Gasteiger partial charge in [-0.05, 0) is 66.4 Å². The van der Waals surface area contributed by atoms with E-state index in [-0.39, 0.29) is 29.0 Å². The lowest BCUT2D eigenvalue weighted by Gasteiger charge is -2.33. The summed E-state index contributed by atoms with van der Waals surface area (Å²) < 4.78 is 28.6. The number of hydrogen-bond acceptors (Lipinski definition) is 4. The standard InChI is InChI=1S/C29H32Cl3N3O4S/c1-4-27(29(37)33-17-20(2)3)34(18-21-10-11-23(31)16-26(21)32)28(36)19-35(24-14-12-22(30)13-15-24)40(38,39)25-8-6-5-7-9-25/h5-16,20,27H,4,17-19H2,1-3H3,(H,33,37)/t27-/m0/s1. The second kappa shape index (κ2) is 14.2. The van der Waals surface area contributed by atoms with Gasteiger partial charge in [-0.15, -0.1) is 0 Å². The highest BCUT2D eigenvalue weighted by Crippen LogP contribution is 2.27. The first-order chi connectivity index (χ1) is 18.9. The summed E-state index contributed by atoms with van der Waals surface area (Å²) in [5, 5.41) is 4.06. The quantitative estimate of drug-likeness (QED) is 0.252. The van der Waals surface area contributed by atoms with Crippen molar-refractivity contribution in [1.29, 1.82) is 0 Å². The van der Waals surface area contributed by atoms with Crippen molar-refractivity contribution in [3.05, 3.63) is 93.4 Å². The zero-order valence-electron chi connectivity index (χ0n) is 22.5. The third kappa shape index (κ3) is 8.13. The lowest BCUT2D eigenvalue weighted by atomic mass is 10.1. The van der Waals surface area contributed by atoms with Crippen LogP contribution in [0.25, 0.3) is 0 Å². The van der Waals surface area contributed by atoms with E-state index >= 15 is 0 Å². The Labute approximate surface area is 251 Å². The average Bonchev–Trinajstić information content (AvgIpc) is 2.92. The summed E-state index contributed by atoms with van der Waals surface area (Å²) >= 11 is 18.6. The zero-order valence-corrected chi connectivity index (χ0v) is 25.6. The van der Waals surface area contributed by atoms with Gasteiger partial charge in [0.25, 0.3) is 10.0 Å². The first-order valence-electron chi connectivity index (χ1n) is 12.8. The number of anilines is 1. The summed E-state index contributed by atoms with van der Waals surface area (Å²) in [6.45, 7) is 5.58. The highest BCUT2D eigenvalue weighted by atomic mass is 35.5. The van der Waals surface area contributed by atoms with Crippen molar-refractivity contribution in [3.63, 3.8) is 0 Å². The molecule has 7 nitrogen and oxygen atoms in total. The summed E-state index contributed by atoms with van der Waals surface area (Å²) in [4.78, 5) is 28.7. The smallest absolute Gasteiger partial charge is 0.264 e. The minimum absolute atomic E-state index is 0.0202. The maximum atomic E-state index is 14.0. The van der Waals surface area contributed by atoms with E-state index < -0.39 is 28.5 Å². The third-order valence-corrected chi connectivity index (χ3v) is 8.78. The van der Waals surface area contributed by atoms with Crippen LogP contribution in [-0.2, 0) is 26.2 Å².